The summed E-state index contributed by atoms with van der Waals surface area (Å²) in [5.74, 6) is -0.291. The third-order valence-electron chi connectivity index (χ3n) is 3.09. The smallest absolute Gasteiger partial charge is 0.311 e. The molecule has 1 aromatic carbocycles. The van der Waals surface area contributed by atoms with Gasteiger partial charge in [-0.15, -0.1) is 11.3 Å². The Bertz CT molecular complexity index is 747. The predicted molar refractivity (Wildman–Crippen MR) is 92.7 cm³/mol. The van der Waals surface area contributed by atoms with Gasteiger partial charge in [0.25, 0.3) is 5.91 Å². The Balaban J connectivity index is 1.96. The maximum absolute atomic E-state index is 12.2. The molecule has 0 spiro atoms. The van der Waals surface area contributed by atoms with Crippen molar-refractivity contribution in [3.05, 3.63) is 39.9 Å². The molecule has 2 rings (SSSR count). The molecule has 128 valence electrons. The van der Waals surface area contributed by atoms with Crippen LogP contribution in [0.15, 0.2) is 23.6 Å². The van der Waals surface area contributed by atoms with Gasteiger partial charge in [-0.2, -0.15) is 0 Å². The number of aryl methyl sites for hydroxylation is 1. The molecule has 1 aromatic heterocycles. The Kier molecular flexibility index (Phi) is 6.16. The first-order valence-corrected chi connectivity index (χ1v) is 8.39. The van der Waals surface area contributed by atoms with Gasteiger partial charge in [0, 0.05) is 5.38 Å². The highest BCUT2D eigenvalue weighted by Gasteiger charge is 2.18. The van der Waals surface area contributed by atoms with Crippen LogP contribution in [0.3, 0.4) is 0 Å². The minimum atomic E-state index is -0.753. The Morgan fingerprint density at radius 3 is 2.88 bits per heavy atom. The SMILES string of the molecule is COC(=O)Cc1csc(NC(=O)C(C)Oc2cc(C)ccc2Cl)n1. The van der Waals surface area contributed by atoms with Gasteiger partial charge < -0.3 is 9.47 Å². The van der Waals surface area contributed by atoms with E-state index in [1.807, 2.05) is 13.0 Å². The highest BCUT2D eigenvalue weighted by Crippen LogP contribution is 2.26. The molecule has 6 nitrogen and oxygen atoms in total. The van der Waals surface area contributed by atoms with Gasteiger partial charge in [0.1, 0.15) is 5.75 Å². The topological polar surface area (TPSA) is 77.5 Å². The van der Waals surface area contributed by atoms with Crippen molar-refractivity contribution in [2.24, 2.45) is 0 Å². The van der Waals surface area contributed by atoms with E-state index in [9.17, 15) is 9.59 Å². The number of halogens is 1. The number of methoxy groups -OCH3 is 1. The summed E-state index contributed by atoms with van der Waals surface area (Å²) in [4.78, 5) is 27.6. The van der Waals surface area contributed by atoms with Crippen LogP contribution < -0.4 is 10.1 Å². The van der Waals surface area contributed by atoms with Crippen LogP contribution in [0.25, 0.3) is 0 Å². The van der Waals surface area contributed by atoms with Gasteiger partial charge in [-0.1, -0.05) is 17.7 Å². The number of anilines is 1. The number of thiazole rings is 1. The molecule has 0 saturated heterocycles. The molecule has 0 aliphatic rings. The normalized spacial score (nSPS) is 11.7. The fourth-order valence-electron chi connectivity index (χ4n) is 1.82. The highest BCUT2D eigenvalue weighted by molar-refractivity contribution is 7.13. The van der Waals surface area contributed by atoms with Gasteiger partial charge >= 0.3 is 5.97 Å². The summed E-state index contributed by atoms with van der Waals surface area (Å²) in [6.07, 6.45) is -0.689. The third-order valence-corrected chi connectivity index (χ3v) is 4.21. The number of hydrogen-bond donors (Lipinski definition) is 1. The van der Waals surface area contributed by atoms with Crippen molar-refractivity contribution in [2.75, 3.05) is 12.4 Å². The summed E-state index contributed by atoms with van der Waals surface area (Å²) >= 11 is 7.29. The van der Waals surface area contributed by atoms with Gasteiger partial charge in [-0.25, -0.2) is 4.98 Å². The van der Waals surface area contributed by atoms with E-state index in [1.165, 1.54) is 18.4 Å². The molecule has 0 fully saturated rings. The zero-order chi connectivity index (χ0) is 17.7. The molecule has 1 amide bonds. The van der Waals surface area contributed by atoms with Crippen LogP contribution >= 0.6 is 22.9 Å². The first-order valence-electron chi connectivity index (χ1n) is 7.14. The number of rotatable bonds is 6. The first kappa shape index (κ1) is 18.2. The van der Waals surface area contributed by atoms with Crippen molar-refractivity contribution in [1.82, 2.24) is 4.98 Å². The Hall–Kier alpha value is -2.12. The van der Waals surface area contributed by atoms with E-state index >= 15 is 0 Å². The minimum Gasteiger partial charge on any atom is -0.479 e. The Morgan fingerprint density at radius 2 is 2.17 bits per heavy atom. The maximum atomic E-state index is 12.2. The van der Waals surface area contributed by atoms with Crippen molar-refractivity contribution >= 4 is 39.9 Å². The summed E-state index contributed by atoms with van der Waals surface area (Å²) in [5, 5.41) is 5.18. The average molecular weight is 369 g/mol. The summed E-state index contributed by atoms with van der Waals surface area (Å²) in [7, 11) is 1.31. The van der Waals surface area contributed by atoms with E-state index in [1.54, 1.807) is 24.4 Å². The molecule has 0 aliphatic heterocycles. The van der Waals surface area contributed by atoms with Gasteiger partial charge in [-0.05, 0) is 31.5 Å². The predicted octanol–water partition coefficient (Wildman–Crippen LogP) is 3.23. The lowest BCUT2D eigenvalue weighted by Gasteiger charge is -2.15. The van der Waals surface area contributed by atoms with Gasteiger partial charge in [-0.3, -0.25) is 14.9 Å². The minimum absolute atomic E-state index is 0.0633. The molecule has 1 N–H and O–H groups in total. The average Bonchev–Trinajstić information content (AvgIpc) is 2.97. The maximum Gasteiger partial charge on any atom is 0.311 e. The summed E-state index contributed by atoms with van der Waals surface area (Å²) in [5.41, 5.74) is 1.52. The van der Waals surface area contributed by atoms with Crippen LogP contribution in [-0.4, -0.2) is 30.1 Å². The van der Waals surface area contributed by atoms with Crippen LogP contribution in [0.2, 0.25) is 5.02 Å². The molecule has 8 heteroatoms. The number of aromatic nitrogens is 1. The number of benzene rings is 1. The van der Waals surface area contributed by atoms with Crippen molar-refractivity contribution in [1.29, 1.82) is 0 Å². The molecule has 1 atom stereocenters. The molecule has 24 heavy (non-hydrogen) atoms. The second kappa shape index (κ2) is 8.12. The van der Waals surface area contributed by atoms with Crippen molar-refractivity contribution in [2.45, 2.75) is 26.4 Å². The molecule has 1 heterocycles. The number of amides is 1. The lowest BCUT2D eigenvalue weighted by molar-refractivity contribution is -0.139. The monoisotopic (exact) mass is 368 g/mol. The van der Waals surface area contributed by atoms with Crippen LogP contribution in [0.5, 0.6) is 5.75 Å². The van der Waals surface area contributed by atoms with Crippen molar-refractivity contribution in [3.8, 4) is 5.75 Å². The van der Waals surface area contributed by atoms with Crippen LogP contribution in [0, 0.1) is 6.92 Å². The number of ether oxygens (including phenoxy) is 2. The van der Waals surface area contributed by atoms with Crippen LogP contribution in [0.4, 0.5) is 5.13 Å². The fourth-order valence-corrected chi connectivity index (χ4v) is 2.69. The molecule has 1 unspecified atom stereocenters. The lowest BCUT2D eigenvalue weighted by atomic mass is 10.2. The highest BCUT2D eigenvalue weighted by atomic mass is 35.5. The summed E-state index contributed by atoms with van der Waals surface area (Å²) in [6, 6.07) is 5.35. The van der Waals surface area contributed by atoms with E-state index in [0.717, 1.165) is 5.56 Å². The zero-order valence-electron chi connectivity index (χ0n) is 13.5. The summed E-state index contributed by atoms with van der Waals surface area (Å²) < 4.78 is 10.2. The second-order valence-corrected chi connectivity index (χ2v) is 6.35. The number of carbonyl (C=O) groups is 2. The molecule has 0 aliphatic carbocycles. The second-order valence-electron chi connectivity index (χ2n) is 5.08. The first-order chi connectivity index (χ1) is 11.4. The third kappa shape index (κ3) is 4.94. The molecule has 0 saturated carbocycles. The molecular weight excluding hydrogens is 352 g/mol. The van der Waals surface area contributed by atoms with Crippen LogP contribution in [0.1, 0.15) is 18.2 Å². The number of carbonyl (C=O) groups excluding carboxylic acids is 2. The molecule has 2 aromatic rings. The van der Waals surface area contributed by atoms with E-state index in [2.05, 4.69) is 15.0 Å². The Labute approximate surface area is 148 Å². The van der Waals surface area contributed by atoms with Crippen LogP contribution in [-0.2, 0) is 20.7 Å². The quantitative estimate of drug-likeness (QED) is 0.792. The van der Waals surface area contributed by atoms with Crippen molar-refractivity contribution in [3.63, 3.8) is 0 Å². The van der Waals surface area contributed by atoms with Crippen molar-refractivity contribution < 1.29 is 19.1 Å². The van der Waals surface area contributed by atoms with Gasteiger partial charge in [0.05, 0.1) is 24.2 Å². The summed E-state index contributed by atoms with van der Waals surface area (Å²) in [6.45, 7) is 3.53. The molecule has 0 bridgehead atoms. The van der Waals surface area contributed by atoms with E-state index in [-0.39, 0.29) is 18.3 Å². The zero-order valence-corrected chi connectivity index (χ0v) is 15.0. The number of esters is 1. The number of hydrogen-bond acceptors (Lipinski definition) is 6. The number of nitrogens with zero attached hydrogens (tertiary/aromatic N) is 1. The number of nitrogens with one attached hydrogen (secondary N) is 1. The van der Waals surface area contributed by atoms with E-state index < -0.39 is 6.10 Å². The van der Waals surface area contributed by atoms with Gasteiger partial charge in [0.15, 0.2) is 11.2 Å². The van der Waals surface area contributed by atoms with E-state index in [0.29, 0.717) is 21.6 Å². The van der Waals surface area contributed by atoms with E-state index in [4.69, 9.17) is 16.3 Å². The standard InChI is InChI=1S/C16H17ClN2O4S/c1-9-4-5-12(17)13(6-9)23-10(2)15(21)19-16-18-11(8-24-16)7-14(20)22-3/h4-6,8,10H,7H2,1-3H3,(H,18,19,21). The van der Waals surface area contributed by atoms with Gasteiger partial charge in [0.2, 0.25) is 0 Å². The fraction of sp³-hybridized carbons (Fsp3) is 0.312. The molecular formula is C16H17ClN2O4S. The largest absolute Gasteiger partial charge is 0.479 e. The Morgan fingerprint density at radius 1 is 1.42 bits per heavy atom. The molecule has 0 radical (unpaired) electrons. The lowest BCUT2D eigenvalue weighted by Crippen LogP contribution is -2.30.